The Morgan fingerprint density at radius 2 is 2.00 bits per heavy atom. The van der Waals surface area contributed by atoms with Gasteiger partial charge in [-0.05, 0) is 20.3 Å². The van der Waals surface area contributed by atoms with Crippen LogP contribution in [0.25, 0.3) is 0 Å². The first kappa shape index (κ1) is 12.9. The van der Waals surface area contributed by atoms with Crippen molar-refractivity contribution in [2.75, 3.05) is 26.8 Å². The normalized spacial score (nSPS) is 14.1. The Bertz CT molecular complexity index is 117. The van der Waals surface area contributed by atoms with Crippen molar-refractivity contribution >= 4 is 0 Å². The fraction of sp³-hybridized carbons (Fsp3) is 1.00. The first-order chi connectivity index (χ1) is 6.11. The van der Waals surface area contributed by atoms with E-state index in [9.17, 15) is 5.11 Å². The average molecular weight is 189 g/mol. The first-order valence-corrected chi connectivity index (χ1v) is 5.02. The van der Waals surface area contributed by atoms with Crippen LogP contribution in [0.2, 0.25) is 0 Å². The molecule has 0 spiro atoms. The van der Waals surface area contributed by atoms with Gasteiger partial charge in [0.2, 0.25) is 0 Å². The van der Waals surface area contributed by atoms with Crippen molar-refractivity contribution in [3.05, 3.63) is 0 Å². The molecular weight excluding hydrogens is 166 g/mol. The lowest BCUT2D eigenvalue weighted by Gasteiger charge is -2.27. The van der Waals surface area contributed by atoms with E-state index in [0.717, 1.165) is 26.1 Å². The van der Waals surface area contributed by atoms with E-state index in [0.29, 0.717) is 6.04 Å². The molecule has 3 nitrogen and oxygen atoms in total. The molecule has 0 radical (unpaired) electrons. The quantitative estimate of drug-likeness (QED) is 0.651. The van der Waals surface area contributed by atoms with Crippen LogP contribution in [-0.4, -0.2) is 49.0 Å². The highest BCUT2D eigenvalue weighted by Gasteiger charge is 2.12. The lowest BCUT2D eigenvalue weighted by Crippen LogP contribution is -2.39. The molecule has 3 heteroatoms. The molecule has 13 heavy (non-hydrogen) atoms. The summed E-state index contributed by atoms with van der Waals surface area (Å²) in [5.74, 6) is 0. The van der Waals surface area contributed by atoms with E-state index in [4.69, 9.17) is 4.74 Å². The maximum Gasteiger partial charge on any atom is 0.0664 e. The van der Waals surface area contributed by atoms with Crippen LogP contribution < -0.4 is 0 Å². The number of aliphatic hydroxyl groups is 1. The zero-order chi connectivity index (χ0) is 10.3. The second-order valence-corrected chi connectivity index (χ2v) is 3.64. The van der Waals surface area contributed by atoms with Crippen LogP contribution in [0, 0.1) is 0 Å². The summed E-state index contributed by atoms with van der Waals surface area (Å²) >= 11 is 0. The van der Waals surface area contributed by atoms with Gasteiger partial charge in [-0.1, -0.05) is 6.92 Å². The van der Waals surface area contributed by atoms with Crippen molar-refractivity contribution < 1.29 is 9.84 Å². The summed E-state index contributed by atoms with van der Waals surface area (Å²) < 4.78 is 5.01. The molecule has 0 aliphatic carbocycles. The number of nitrogens with zero attached hydrogens (tertiary/aromatic N) is 1. The predicted octanol–water partition coefficient (Wildman–Crippen LogP) is 1.11. The topological polar surface area (TPSA) is 32.7 Å². The first-order valence-electron chi connectivity index (χ1n) is 5.02. The molecular formula is C10H23NO2. The summed E-state index contributed by atoms with van der Waals surface area (Å²) in [6, 6.07) is 0.469. The molecule has 0 aromatic carbocycles. The minimum atomic E-state index is -0.209. The fourth-order valence-corrected chi connectivity index (χ4v) is 1.17. The van der Waals surface area contributed by atoms with Gasteiger partial charge in [0.05, 0.1) is 12.7 Å². The van der Waals surface area contributed by atoms with Gasteiger partial charge in [0.1, 0.15) is 0 Å². The van der Waals surface area contributed by atoms with Gasteiger partial charge in [0.25, 0.3) is 0 Å². The Labute approximate surface area is 81.7 Å². The molecule has 0 aromatic rings. The minimum absolute atomic E-state index is 0.209. The molecule has 0 saturated carbocycles. The van der Waals surface area contributed by atoms with Crippen molar-refractivity contribution in [3.8, 4) is 0 Å². The van der Waals surface area contributed by atoms with E-state index in [2.05, 4.69) is 18.7 Å². The van der Waals surface area contributed by atoms with Crippen molar-refractivity contribution in [2.45, 2.75) is 39.3 Å². The molecule has 1 atom stereocenters. The lowest BCUT2D eigenvalue weighted by molar-refractivity contribution is 0.0706. The smallest absolute Gasteiger partial charge is 0.0664 e. The SMILES string of the molecule is CCC(O)CN(CCOC)C(C)C. The minimum Gasteiger partial charge on any atom is -0.392 e. The molecule has 1 unspecified atom stereocenters. The summed E-state index contributed by atoms with van der Waals surface area (Å²) in [7, 11) is 1.70. The van der Waals surface area contributed by atoms with Gasteiger partial charge in [0, 0.05) is 26.2 Å². The highest BCUT2D eigenvalue weighted by molar-refractivity contribution is 4.66. The Balaban J connectivity index is 3.79. The van der Waals surface area contributed by atoms with Crippen molar-refractivity contribution in [1.29, 1.82) is 0 Å². The van der Waals surface area contributed by atoms with Crippen LogP contribution in [0.3, 0.4) is 0 Å². The van der Waals surface area contributed by atoms with E-state index in [1.165, 1.54) is 0 Å². The Morgan fingerprint density at radius 1 is 1.38 bits per heavy atom. The molecule has 0 aromatic heterocycles. The highest BCUT2D eigenvalue weighted by atomic mass is 16.5. The fourth-order valence-electron chi connectivity index (χ4n) is 1.17. The number of hydrogen-bond acceptors (Lipinski definition) is 3. The molecule has 0 aliphatic rings. The van der Waals surface area contributed by atoms with Gasteiger partial charge >= 0.3 is 0 Å². The van der Waals surface area contributed by atoms with E-state index >= 15 is 0 Å². The van der Waals surface area contributed by atoms with Gasteiger partial charge < -0.3 is 9.84 Å². The van der Waals surface area contributed by atoms with E-state index in [1.54, 1.807) is 7.11 Å². The number of aliphatic hydroxyl groups excluding tert-OH is 1. The van der Waals surface area contributed by atoms with E-state index < -0.39 is 0 Å². The van der Waals surface area contributed by atoms with Crippen molar-refractivity contribution in [3.63, 3.8) is 0 Å². The number of methoxy groups -OCH3 is 1. The van der Waals surface area contributed by atoms with Gasteiger partial charge in [-0.15, -0.1) is 0 Å². The largest absolute Gasteiger partial charge is 0.392 e. The van der Waals surface area contributed by atoms with Crippen LogP contribution >= 0.6 is 0 Å². The van der Waals surface area contributed by atoms with Gasteiger partial charge in [-0.25, -0.2) is 0 Å². The predicted molar refractivity (Wildman–Crippen MR) is 54.9 cm³/mol. The maximum atomic E-state index is 9.49. The van der Waals surface area contributed by atoms with Gasteiger partial charge in [0.15, 0.2) is 0 Å². The van der Waals surface area contributed by atoms with E-state index in [-0.39, 0.29) is 6.10 Å². The summed E-state index contributed by atoms with van der Waals surface area (Å²) in [6.07, 6.45) is 0.607. The second-order valence-electron chi connectivity index (χ2n) is 3.64. The van der Waals surface area contributed by atoms with Crippen molar-refractivity contribution in [1.82, 2.24) is 4.90 Å². The molecule has 1 N–H and O–H groups in total. The number of hydrogen-bond donors (Lipinski definition) is 1. The standard InChI is InChI=1S/C10H23NO2/c1-5-10(12)8-11(9(2)3)6-7-13-4/h9-10,12H,5-8H2,1-4H3. The monoisotopic (exact) mass is 189 g/mol. The lowest BCUT2D eigenvalue weighted by atomic mass is 10.2. The second kappa shape index (κ2) is 7.30. The van der Waals surface area contributed by atoms with Crippen LogP contribution in [0.15, 0.2) is 0 Å². The molecule has 0 bridgehead atoms. The van der Waals surface area contributed by atoms with Crippen LogP contribution in [-0.2, 0) is 4.74 Å². The summed E-state index contributed by atoms with van der Waals surface area (Å²) in [6.45, 7) is 8.65. The third kappa shape index (κ3) is 6.02. The van der Waals surface area contributed by atoms with Crippen LogP contribution in [0.5, 0.6) is 0 Å². The Hall–Kier alpha value is -0.120. The average Bonchev–Trinajstić information content (AvgIpc) is 2.11. The molecule has 0 rings (SSSR count). The molecule has 0 saturated heterocycles. The Morgan fingerprint density at radius 3 is 2.38 bits per heavy atom. The van der Waals surface area contributed by atoms with Gasteiger partial charge in [-0.3, -0.25) is 4.90 Å². The number of ether oxygens (including phenoxy) is 1. The van der Waals surface area contributed by atoms with Crippen LogP contribution in [0.1, 0.15) is 27.2 Å². The third-order valence-corrected chi connectivity index (χ3v) is 2.23. The van der Waals surface area contributed by atoms with Gasteiger partial charge in [-0.2, -0.15) is 0 Å². The van der Waals surface area contributed by atoms with Crippen molar-refractivity contribution in [2.24, 2.45) is 0 Å². The highest BCUT2D eigenvalue weighted by Crippen LogP contribution is 2.01. The zero-order valence-corrected chi connectivity index (χ0v) is 9.29. The third-order valence-electron chi connectivity index (χ3n) is 2.23. The Kier molecular flexibility index (Phi) is 7.23. The molecule has 0 heterocycles. The van der Waals surface area contributed by atoms with Crippen LogP contribution in [0.4, 0.5) is 0 Å². The molecule has 0 amide bonds. The molecule has 0 fully saturated rings. The summed E-state index contributed by atoms with van der Waals surface area (Å²) in [5, 5.41) is 9.49. The molecule has 0 aliphatic heterocycles. The maximum absolute atomic E-state index is 9.49. The summed E-state index contributed by atoms with van der Waals surface area (Å²) in [5.41, 5.74) is 0. The summed E-state index contributed by atoms with van der Waals surface area (Å²) in [4.78, 5) is 2.23. The van der Waals surface area contributed by atoms with E-state index in [1.807, 2.05) is 6.92 Å². The molecule has 80 valence electrons. The number of rotatable bonds is 7. The zero-order valence-electron chi connectivity index (χ0n) is 9.29.